The van der Waals surface area contributed by atoms with Gasteiger partial charge in [0.1, 0.15) is 12.1 Å². The molecule has 0 bridgehead atoms. The summed E-state index contributed by atoms with van der Waals surface area (Å²) in [5.41, 5.74) is 0. The molecule has 10 heteroatoms. The molecule has 24 heavy (non-hydrogen) atoms. The zero-order valence-corrected chi connectivity index (χ0v) is 14.7. The van der Waals surface area contributed by atoms with Crippen LogP contribution in [-0.2, 0) is 4.79 Å². The minimum Gasteiger partial charge on any atom is -0.355 e. The molecule has 3 aromatic heterocycles. The third-order valence-corrected chi connectivity index (χ3v) is 5.05. The Kier molecular flexibility index (Phi) is 3.98. The largest absolute Gasteiger partial charge is 0.355 e. The highest BCUT2D eigenvalue weighted by Gasteiger charge is 2.34. The summed E-state index contributed by atoms with van der Waals surface area (Å²) in [4.78, 5) is 26.8. The highest BCUT2D eigenvalue weighted by Crippen LogP contribution is 2.27. The van der Waals surface area contributed by atoms with Crippen molar-refractivity contribution in [3.05, 3.63) is 40.8 Å². The van der Waals surface area contributed by atoms with E-state index in [0.717, 1.165) is 9.60 Å². The summed E-state index contributed by atoms with van der Waals surface area (Å²) in [6, 6.07) is 3.70. The summed E-state index contributed by atoms with van der Waals surface area (Å²) in [5.74, 6) is 1.40. The predicted molar refractivity (Wildman–Crippen MR) is 93.3 cm³/mol. The average molecular weight is 406 g/mol. The summed E-state index contributed by atoms with van der Waals surface area (Å²) in [6.45, 7) is 1.24. The van der Waals surface area contributed by atoms with Gasteiger partial charge < -0.3 is 10.2 Å². The number of amides is 1. The first-order chi connectivity index (χ1) is 11.7. The van der Waals surface area contributed by atoms with E-state index in [-0.39, 0.29) is 11.8 Å². The third kappa shape index (κ3) is 3.02. The Morgan fingerprint density at radius 2 is 2.12 bits per heavy atom. The number of rotatable bonds is 4. The second kappa shape index (κ2) is 6.29. The fraction of sp³-hybridized carbons (Fsp3) is 0.214. The molecule has 4 heterocycles. The lowest BCUT2D eigenvalue weighted by atomic mass is 9.99. The van der Waals surface area contributed by atoms with Crippen LogP contribution in [0.2, 0.25) is 0 Å². The van der Waals surface area contributed by atoms with Gasteiger partial charge in [0.25, 0.3) is 0 Å². The first-order valence-electron chi connectivity index (χ1n) is 7.18. The van der Waals surface area contributed by atoms with Gasteiger partial charge in [-0.3, -0.25) is 4.79 Å². The van der Waals surface area contributed by atoms with Crippen molar-refractivity contribution in [1.82, 2.24) is 24.7 Å². The number of hydrogen-bond donors (Lipinski definition) is 1. The summed E-state index contributed by atoms with van der Waals surface area (Å²) in [7, 11) is 0. The normalized spacial score (nSPS) is 14.5. The summed E-state index contributed by atoms with van der Waals surface area (Å²) >= 11 is 4.72. The van der Waals surface area contributed by atoms with Gasteiger partial charge in [0.15, 0.2) is 10.9 Å². The Balaban J connectivity index is 1.39. The Bertz CT molecular complexity index is 860. The topological polar surface area (TPSA) is 88.8 Å². The minimum absolute atomic E-state index is 0.0190. The second-order valence-corrected chi connectivity index (χ2v) is 7.66. The van der Waals surface area contributed by atoms with E-state index >= 15 is 0 Å². The molecule has 1 saturated heterocycles. The Morgan fingerprint density at radius 1 is 1.29 bits per heavy atom. The number of aromatic nitrogens is 5. The van der Waals surface area contributed by atoms with E-state index in [0.29, 0.717) is 24.0 Å². The number of carbonyl (C=O) groups is 1. The number of thiazole rings is 1. The zero-order valence-electron chi connectivity index (χ0n) is 12.3. The van der Waals surface area contributed by atoms with Crippen molar-refractivity contribution in [2.75, 3.05) is 23.3 Å². The number of hydrogen-bond acceptors (Lipinski definition) is 7. The number of anilines is 2. The monoisotopic (exact) mass is 405 g/mol. The van der Waals surface area contributed by atoms with Gasteiger partial charge in [-0.15, -0.1) is 0 Å². The molecule has 4 rings (SSSR count). The van der Waals surface area contributed by atoms with E-state index in [1.54, 1.807) is 17.1 Å². The van der Waals surface area contributed by atoms with Gasteiger partial charge in [-0.05, 0) is 22.0 Å². The highest BCUT2D eigenvalue weighted by molar-refractivity contribution is 9.11. The molecule has 0 saturated carbocycles. The first kappa shape index (κ1) is 15.2. The number of carbonyl (C=O) groups excluding carboxylic acids is 1. The van der Waals surface area contributed by atoms with E-state index in [4.69, 9.17) is 0 Å². The van der Waals surface area contributed by atoms with Crippen molar-refractivity contribution in [2.24, 2.45) is 5.92 Å². The molecular formula is C14H12BrN7OS. The quantitative estimate of drug-likeness (QED) is 0.713. The van der Waals surface area contributed by atoms with Crippen molar-refractivity contribution in [3.63, 3.8) is 0 Å². The Morgan fingerprint density at radius 3 is 2.83 bits per heavy atom. The van der Waals surface area contributed by atoms with Crippen molar-refractivity contribution in [2.45, 2.75) is 0 Å². The molecular weight excluding hydrogens is 394 g/mol. The van der Waals surface area contributed by atoms with Crippen molar-refractivity contribution in [3.8, 4) is 5.82 Å². The molecule has 1 N–H and O–H groups in total. The van der Waals surface area contributed by atoms with Crippen LogP contribution in [0.5, 0.6) is 0 Å². The third-order valence-electron chi connectivity index (χ3n) is 3.66. The maximum atomic E-state index is 12.2. The van der Waals surface area contributed by atoms with Gasteiger partial charge in [0.2, 0.25) is 5.91 Å². The molecule has 0 radical (unpaired) electrons. The van der Waals surface area contributed by atoms with Crippen molar-refractivity contribution < 1.29 is 4.79 Å². The van der Waals surface area contributed by atoms with Crippen LogP contribution in [0.1, 0.15) is 0 Å². The van der Waals surface area contributed by atoms with E-state index in [9.17, 15) is 4.79 Å². The van der Waals surface area contributed by atoms with Crippen LogP contribution in [0.15, 0.2) is 40.8 Å². The lowest BCUT2D eigenvalue weighted by Gasteiger charge is -2.38. The molecule has 8 nitrogen and oxygen atoms in total. The Hall–Kier alpha value is -2.33. The molecule has 1 aliphatic heterocycles. The molecule has 122 valence electrons. The summed E-state index contributed by atoms with van der Waals surface area (Å²) in [5, 5.41) is 7.60. The standard InChI is InChI=1S/C14H12BrN7OS/c15-10-5-16-14(24-10)20-13(23)9-6-21(7-9)11-4-12(18-8-17-11)22-3-1-2-19-22/h1-5,8-9H,6-7H2,(H,16,20,23). The second-order valence-electron chi connectivity index (χ2n) is 5.25. The van der Waals surface area contributed by atoms with Gasteiger partial charge in [-0.2, -0.15) is 5.10 Å². The van der Waals surface area contributed by atoms with Gasteiger partial charge in [-0.1, -0.05) is 11.3 Å². The van der Waals surface area contributed by atoms with Crippen LogP contribution in [0.3, 0.4) is 0 Å². The molecule has 0 spiro atoms. The van der Waals surface area contributed by atoms with Crippen molar-refractivity contribution in [1.29, 1.82) is 0 Å². The molecule has 0 unspecified atom stereocenters. The fourth-order valence-electron chi connectivity index (χ4n) is 2.39. The van der Waals surface area contributed by atoms with E-state index in [2.05, 4.69) is 41.3 Å². The van der Waals surface area contributed by atoms with E-state index in [1.807, 2.05) is 23.2 Å². The molecule has 1 amide bonds. The SMILES string of the molecule is O=C(Nc1ncc(Br)s1)C1CN(c2cc(-n3cccn3)ncn2)C1. The molecule has 1 fully saturated rings. The maximum absolute atomic E-state index is 12.2. The predicted octanol–water partition coefficient (Wildman–Crippen LogP) is 1.96. The van der Waals surface area contributed by atoms with Gasteiger partial charge >= 0.3 is 0 Å². The van der Waals surface area contributed by atoms with Crippen LogP contribution in [0.25, 0.3) is 5.82 Å². The molecule has 0 aliphatic carbocycles. The van der Waals surface area contributed by atoms with Crippen LogP contribution in [0, 0.1) is 5.92 Å². The smallest absolute Gasteiger partial charge is 0.232 e. The summed E-state index contributed by atoms with van der Waals surface area (Å²) < 4.78 is 2.57. The van der Waals surface area contributed by atoms with Crippen LogP contribution >= 0.6 is 27.3 Å². The lowest BCUT2D eigenvalue weighted by Crippen LogP contribution is -2.52. The number of nitrogens with zero attached hydrogens (tertiary/aromatic N) is 6. The Labute approximate surface area is 149 Å². The van der Waals surface area contributed by atoms with Gasteiger partial charge in [0.05, 0.1) is 15.9 Å². The molecule has 1 aliphatic rings. The first-order valence-corrected chi connectivity index (χ1v) is 8.79. The van der Waals surface area contributed by atoms with Crippen LogP contribution in [0.4, 0.5) is 10.9 Å². The maximum Gasteiger partial charge on any atom is 0.232 e. The molecule has 3 aromatic rings. The zero-order chi connectivity index (χ0) is 16.5. The summed E-state index contributed by atoms with van der Waals surface area (Å²) in [6.07, 6.45) is 6.70. The number of halogens is 1. The van der Waals surface area contributed by atoms with Crippen LogP contribution < -0.4 is 10.2 Å². The fourth-order valence-corrected chi connectivity index (χ4v) is 3.50. The number of nitrogens with one attached hydrogen (secondary N) is 1. The van der Waals surface area contributed by atoms with E-state index < -0.39 is 0 Å². The minimum atomic E-state index is -0.0733. The van der Waals surface area contributed by atoms with Gasteiger partial charge in [0, 0.05) is 31.5 Å². The molecule has 0 atom stereocenters. The average Bonchev–Trinajstić information content (AvgIpc) is 3.18. The van der Waals surface area contributed by atoms with E-state index in [1.165, 1.54) is 17.7 Å². The van der Waals surface area contributed by atoms with Crippen molar-refractivity contribution >= 4 is 44.1 Å². The lowest BCUT2D eigenvalue weighted by molar-refractivity contribution is -0.120. The highest BCUT2D eigenvalue weighted by atomic mass is 79.9. The van der Waals surface area contributed by atoms with Crippen LogP contribution in [-0.4, -0.2) is 43.7 Å². The van der Waals surface area contributed by atoms with Gasteiger partial charge in [-0.25, -0.2) is 19.6 Å². The molecule has 0 aromatic carbocycles.